The Morgan fingerprint density at radius 2 is 1.62 bits per heavy atom. The molecule has 0 spiro atoms. The first-order chi connectivity index (χ1) is 14.0. The highest BCUT2D eigenvalue weighted by Gasteiger charge is 2.36. The molecule has 2 aliphatic heterocycles. The van der Waals surface area contributed by atoms with E-state index in [2.05, 4.69) is 10.2 Å². The summed E-state index contributed by atoms with van der Waals surface area (Å²) in [6.45, 7) is 3.98. The van der Waals surface area contributed by atoms with Gasteiger partial charge in [0.2, 0.25) is 0 Å². The molecule has 1 N–H and O–H groups in total. The number of carbonyl (C=O) groups excluding carboxylic acids is 3. The number of hydrogen-bond donors (Lipinski definition) is 1. The van der Waals surface area contributed by atoms with Crippen LogP contribution in [-0.4, -0.2) is 30.9 Å². The van der Waals surface area contributed by atoms with Crippen LogP contribution in [0.2, 0.25) is 0 Å². The highest BCUT2D eigenvalue weighted by Crippen LogP contribution is 2.24. The van der Waals surface area contributed by atoms with Crippen molar-refractivity contribution in [1.82, 2.24) is 5.32 Å². The molecule has 0 unspecified atom stereocenters. The molecule has 148 valence electrons. The number of amides is 4. The largest absolute Gasteiger partial charge is 0.372 e. The van der Waals surface area contributed by atoms with Gasteiger partial charge in [-0.15, -0.1) is 0 Å². The van der Waals surface area contributed by atoms with Crippen molar-refractivity contribution in [2.45, 2.75) is 26.2 Å². The predicted molar refractivity (Wildman–Crippen MR) is 113 cm³/mol. The minimum Gasteiger partial charge on any atom is -0.372 e. The molecule has 2 aromatic rings. The van der Waals surface area contributed by atoms with Crippen molar-refractivity contribution in [3.63, 3.8) is 0 Å². The molecule has 2 heterocycles. The molecule has 29 heavy (non-hydrogen) atoms. The van der Waals surface area contributed by atoms with E-state index >= 15 is 0 Å². The maximum absolute atomic E-state index is 12.9. The second kappa shape index (κ2) is 7.91. The number of urea groups is 1. The van der Waals surface area contributed by atoms with Crippen LogP contribution in [0.15, 0.2) is 54.1 Å². The lowest BCUT2D eigenvalue weighted by atomic mass is 10.1. The lowest BCUT2D eigenvalue weighted by Gasteiger charge is -2.29. The van der Waals surface area contributed by atoms with E-state index in [0.717, 1.165) is 34.8 Å². The Bertz CT molecular complexity index is 989. The third-order valence-corrected chi connectivity index (χ3v) is 5.29. The molecule has 2 aliphatic rings. The summed E-state index contributed by atoms with van der Waals surface area (Å²) in [5.41, 5.74) is 3.17. The first kappa shape index (κ1) is 18.9. The van der Waals surface area contributed by atoms with Crippen LogP contribution in [0.4, 0.5) is 16.2 Å². The third kappa shape index (κ3) is 3.92. The fraction of sp³-hybridized carbons (Fsp3) is 0.261. The van der Waals surface area contributed by atoms with Crippen LogP contribution in [0.3, 0.4) is 0 Å². The minimum absolute atomic E-state index is 0.0585. The molecule has 6 heteroatoms. The lowest BCUT2D eigenvalue weighted by molar-refractivity contribution is -0.122. The van der Waals surface area contributed by atoms with Crippen molar-refractivity contribution in [3.8, 4) is 0 Å². The Morgan fingerprint density at radius 1 is 0.897 bits per heavy atom. The Labute approximate surface area is 169 Å². The number of carbonyl (C=O) groups is 3. The third-order valence-electron chi connectivity index (χ3n) is 5.29. The van der Waals surface area contributed by atoms with Gasteiger partial charge in [-0.3, -0.25) is 14.9 Å². The topological polar surface area (TPSA) is 69.7 Å². The van der Waals surface area contributed by atoms with Crippen LogP contribution in [-0.2, 0) is 9.59 Å². The van der Waals surface area contributed by atoms with Crippen LogP contribution in [0.5, 0.6) is 0 Å². The maximum Gasteiger partial charge on any atom is 0.335 e. The number of barbiturate groups is 1. The van der Waals surface area contributed by atoms with Gasteiger partial charge in [-0.05, 0) is 67.7 Å². The standard InChI is InChI=1S/C23H23N3O3/c1-16-6-5-7-19(14-16)26-22(28)20(21(27)24-23(26)29)15-17-8-10-18(11-9-17)25-12-3-2-4-13-25/h5-11,14-15H,2-4,12-13H2,1H3,(H,24,27,29)/b20-15-. The zero-order valence-corrected chi connectivity index (χ0v) is 16.4. The van der Waals surface area contributed by atoms with Crippen molar-refractivity contribution in [2.24, 2.45) is 0 Å². The summed E-state index contributed by atoms with van der Waals surface area (Å²) in [6.07, 6.45) is 5.20. The molecule has 0 radical (unpaired) electrons. The minimum atomic E-state index is -0.733. The SMILES string of the molecule is Cc1cccc(N2C(=O)NC(=O)/C(=C/c3ccc(N4CCCCC4)cc3)C2=O)c1. The molecule has 0 aliphatic carbocycles. The summed E-state index contributed by atoms with van der Waals surface area (Å²) >= 11 is 0. The molecule has 6 nitrogen and oxygen atoms in total. The van der Waals surface area contributed by atoms with Gasteiger partial charge in [-0.2, -0.15) is 0 Å². The van der Waals surface area contributed by atoms with E-state index in [1.807, 2.05) is 37.3 Å². The van der Waals surface area contributed by atoms with Gasteiger partial charge in [0.1, 0.15) is 5.57 Å². The Morgan fingerprint density at radius 3 is 2.31 bits per heavy atom. The van der Waals surface area contributed by atoms with Gasteiger partial charge in [0.05, 0.1) is 5.69 Å². The van der Waals surface area contributed by atoms with E-state index in [1.165, 1.54) is 25.3 Å². The molecular formula is C23H23N3O3. The van der Waals surface area contributed by atoms with Gasteiger partial charge in [0, 0.05) is 18.8 Å². The fourth-order valence-corrected chi connectivity index (χ4v) is 3.76. The van der Waals surface area contributed by atoms with E-state index in [1.54, 1.807) is 18.2 Å². The highest BCUT2D eigenvalue weighted by atomic mass is 16.2. The van der Waals surface area contributed by atoms with Gasteiger partial charge < -0.3 is 4.90 Å². The average molecular weight is 389 g/mol. The summed E-state index contributed by atoms with van der Waals surface area (Å²) < 4.78 is 0. The number of nitrogens with one attached hydrogen (secondary N) is 1. The molecule has 0 saturated carbocycles. The molecule has 2 saturated heterocycles. The zero-order valence-electron chi connectivity index (χ0n) is 16.4. The first-order valence-electron chi connectivity index (χ1n) is 9.86. The normalized spacial score (nSPS) is 18.9. The van der Waals surface area contributed by atoms with Gasteiger partial charge in [-0.1, -0.05) is 24.3 Å². The van der Waals surface area contributed by atoms with Crippen molar-refractivity contribution < 1.29 is 14.4 Å². The number of imide groups is 2. The Balaban J connectivity index is 1.60. The quantitative estimate of drug-likeness (QED) is 0.643. The number of anilines is 2. The molecule has 0 aromatic heterocycles. The summed E-state index contributed by atoms with van der Waals surface area (Å²) in [4.78, 5) is 40.9. The smallest absolute Gasteiger partial charge is 0.335 e. The highest BCUT2D eigenvalue weighted by molar-refractivity contribution is 6.39. The molecule has 4 amide bonds. The molecular weight excluding hydrogens is 366 g/mol. The maximum atomic E-state index is 12.9. The predicted octanol–water partition coefficient (Wildman–Crippen LogP) is 3.65. The summed E-state index contributed by atoms with van der Waals surface area (Å²) in [6, 6.07) is 14.1. The molecule has 4 rings (SSSR count). The van der Waals surface area contributed by atoms with E-state index < -0.39 is 17.8 Å². The van der Waals surface area contributed by atoms with Crippen LogP contribution < -0.4 is 15.1 Å². The second-order valence-corrected chi connectivity index (χ2v) is 7.44. The van der Waals surface area contributed by atoms with Gasteiger partial charge in [-0.25, -0.2) is 9.69 Å². The zero-order chi connectivity index (χ0) is 20.4. The number of rotatable bonds is 3. The van der Waals surface area contributed by atoms with Gasteiger partial charge in [0.25, 0.3) is 11.8 Å². The van der Waals surface area contributed by atoms with Crippen molar-refractivity contribution in [3.05, 3.63) is 65.2 Å². The number of hydrogen-bond acceptors (Lipinski definition) is 4. The van der Waals surface area contributed by atoms with Crippen molar-refractivity contribution >= 4 is 35.3 Å². The number of piperidine rings is 1. The van der Waals surface area contributed by atoms with Crippen molar-refractivity contribution in [1.29, 1.82) is 0 Å². The molecule has 0 bridgehead atoms. The summed E-state index contributed by atoms with van der Waals surface area (Å²) in [5, 5.41) is 2.26. The summed E-state index contributed by atoms with van der Waals surface area (Å²) in [5.74, 6) is -1.30. The van der Waals surface area contributed by atoms with Gasteiger partial charge >= 0.3 is 6.03 Å². The fourth-order valence-electron chi connectivity index (χ4n) is 3.76. The molecule has 2 aromatic carbocycles. The number of nitrogens with zero attached hydrogens (tertiary/aromatic N) is 2. The molecule has 2 fully saturated rings. The Kier molecular flexibility index (Phi) is 5.16. The van der Waals surface area contributed by atoms with E-state index in [4.69, 9.17) is 0 Å². The van der Waals surface area contributed by atoms with E-state index in [0.29, 0.717) is 5.69 Å². The second-order valence-electron chi connectivity index (χ2n) is 7.44. The van der Waals surface area contributed by atoms with Gasteiger partial charge in [0.15, 0.2) is 0 Å². The lowest BCUT2D eigenvalue weighted by Crippen LogP contribution is -2.54. The van der Waals surface area contributed by atoms with E-state index in [-0.39, 0.29) is 5.57 Å². The van der Waals surface area contributed by atoms with Crippen LogP contribution >= 0.6 is 0 Å². The van der Waals surface area contributed by atoms with Crippen molar-refractivity contribution in [2.75, 3.05) is 22.9 Å². The number of aryl methyl sites for hydroxylation is 1. The Hall–Kier alpha value is -3.41. The van der Waals surface area contributed by atoms with Crippen LogP contribution in [0, 0.1) is 6.92 Å². The summed E-state index contributed by atoms with van der Waals surface area (Å²) in [7, 11) is 0. The number of benzene rings is 2. The first-order valence-corrected chi connectivity index (χ1v) is 9.86. The average Bonchev–Trinajstić information content (AvgIpc) is 2.72. The monoisotopic (exact) mass is 389 g/mol. The molecule has 0 atom stereocenters. The van der Waals surface area contributed by atoms with E-state index in [9.17, 15) is 14.4 Å². The van der Waals surface area contributed by atoms with Crippen LogP contribution in [0.1, 0.15) is 30.4 Å². The van der Waals surface area contributed by atoms with Crippen LogP contribution in [0.25, 0.3) is 6.08 Å².